The average molecular weight is 337 g/mol. The van der Waals surface area contributed by atoms with Crippen molar-refractivity contribution < 1.29 is 4.79 Å². The van der Waals surface area contributed by atoms with E-state index in [2.05, 4.69) is 29.2 Å². The van der Waals surface area contributed by atoms with E-state index in [1.165, 1.54) is 30.5 Å². The number of hydrogen-bond donors (Lipinski definition) is 1. The van der Waals surface area contributed by atoms with Crippen molar-refractivity contribution in [2.45, 2.75) is 31.8 Å². The average Bonchev–Trinajstić information content (AvgIpc) is 2.63. The molecule has 1 aliphatic heterocycles. The van der Waals surface area contributed by atoms with E-state index in [0.717, 1.165) is 18.7 Å². The number of piperidine rings is 1. The molecule has 0 aromatic heterocycles. The monoisotopic (exact) mass is 337 g/mol. The van der Waals surface area contributed by atoms with Gasteiger partial charge in [-0.1, -0.05) is 48.5 Å². The molecule has 0 spiro atoms. The van der Waals surface area contributed by atoms with E-state index < -0.39 is 6.04 Å². The van der Waals surface area contributed by atoms with Gasteiger partial charge in [-0.25, -0.2) is 0 Å². The van der Waals surface area contributed by atoms with Crippen LogP contribution in [0.5, 0.6) is 0 Å². The normalized spacial score (nSPS) is 16.0. The van der Waals surface area contributed by atoms with Crippen molar-refractivity contribution in [3.05, 3.63) is 65.7 Å². The number of hydrogen-bond acceptors (Lipinski definition) is 3. The van der Waals surface area contributed by atoms with E-state index in [0.29, 0.717) is 6.54 Å². The van der Waals surface area contributed by atoms with Crippen molar-refractivity contribution in [2.24, 2.45) is 5.73 Å². The molecule has 0 saturated carbocycles. The van der Waals surface area contributed by atoms with Crippen LogP contribution in [0.15, 0.2) is 54.6 Å². The molecule has 4 heteroatoms. The third-order valence-electron chi connectivity index (χ3n) is 4.93. The third kappa shape index (κ3) is 4.20. The van der Waals surface area contributed by atoms with Gasteiger partial charge >= 0.3 is 0 Å². The summed E-state index contributed by atoms with van der Waals surface area (Å²) in [5.41, 5.74) is 9.18. The number of anilines is 1. The van der Waals surface area contributed by atoms with Crippen molar-refractivity contribution in [3.63, 3.8) is 0 Å². The molecular formula is C21H27N3O. The van der Waals surface area contributed by atoms with Crippen LogP contribution in [0.2, 0.25) is 0 Å². The Labute approximate surface area is 150 Å². The summed E-state index contributed by atoms with van der Waals surface area (Å²) in [4.78, 5) is 16.6. The fourth-order valence-corrected chi connectivity index (χ4v) is 3.72. The first-order valence-corrected chi connectivity index (χ1v) is 9.04. The molecule has 0 bridgehead atoms. The second-order valence-corrected chi connectivity index (χ2v) is 6.81. The molecule has 0 radical (unpaired) electrons. The molecule has 0 unspecified atom stereocenters. The highest BCUT2D eigenvalue weighted by Gasteiger charge is 2.24. The Morgan fingerprint density at radius 2 is 1.68 bits per heavy atom. The largest absolute Gasteiger partial charge is 0.371 e. The third-order valence-corrected chi connectivity index (χ3v) is 4.93. The van der Waals surface area contributed by atoms with E-state index in [4.69, 9.17) is 5.73 Å². The molecule has 1 amide bonds. The topological polar surface area (TPSA) is 49.6 Å². The van der Waals surface area contributed by atoms with Crippen molar-refractivity contribution in [1.29, 1.82) is 0 Å². The first kappa shape index (κ1) is 17.5. The van der Waals surface area contributed by atoms with Gasteiger partial charge in [-0.2, -0.15) is 0 Å². The first-order valence-electron chi connectivity index (χ1n) is 9.04. The summed E-state index contributed by atoms with van der Waals surface area (Å²) in [7, 11) is 1.97. The lowest BCUT2D eigenvalue weighted by molar-refractivity contribution is -0.123. The number of benzene rings is 2. The molecule has 2 aromatic carbocycles. The van der Waals surface area contributed by atoms with Crippen LogP contribution in [-0.2, 0) is 11.3 Å². The highest BCUT2D eigenvalue weighted by Crippen LogP contribution is 2.28. The van der Waals surface area contributed by atoms with Crippen LogP contribution in [0.25, 0.3) is 0 Å². The molecule has 132 valence electrons. The van der Waals surface area contributed by atoms with Gasteiger partial charge in [0.15, 0.2) is 0 Å². The number of amides is 1. The van der Waals surface area contributed by atoms with Crippen LogP contribution in [0, 0.1) is 0 Å². The number of carbonyl (C=O) groups excluding carboxylic acids is 1. The SMILES string of the molecule is CN(Cc1ccccc1N1CCCCC1)[C@H](C(N)=O)c1ccccc1. The predicted octanol–water partition coefficient (Wildman–Crippen LogP) is 3.34. The maximum absolute atomic E-state index is 12.1. The molecule has 1 heterocycles. The summed E-state index contributed by atoms with van der Waals surface area (Å²) in [6, 6.07) is 17.9. The van der Waals surface area contributed by atoms with Crippen LogP contribution in [0.4, 0.5) is 5.69 Å². The Bertz CT molecular complexity index is 695. The van der Waals surface area contributed by atoms with E-state index in [-0.39, 0.29) is 5.91 Å². The quantitative estimate of drug-likeness (QED) is 0.879. The highest BCUT2D eigenvalue weighted by molar-refractivity contribution is 5.81. The van der Waals surface area contributed by atoms with Gasteiger partial charge in [0, 0.05) is 25.3 Å². The lowest BCUT2D eigenvalue weighted by atomic mass is 10.0. The second kappa shape index (κ2) is 8.17. The van der Waals surface area contributed by atoms with E-state index in [9.17, 15) is 4.79 Å². The number of nitrogens with two attached hydrogens (primary N) is 1. The molecule has 2 N–H and O–H groups in total. The molecule has 0 aliphatic carbocycles. The summed E-state index contributed by atoms with van der Waals surface area (Å²) < 4.78 is 0. The minimum Gasteiger partial charge on any atom is -0.371 e. The van der Waals surface area contributed by atoms with Crippen molar-refractivity contribution in [2.75, 3.05) is 25.0 Å². The molecule has 2 aromatic rings. The van der Waals surface area contributed by atoms with E-state index in [1.54, 1.807) is 0 Å². The van der Waals surface area contributed by atoms with Crippen LogP contribution in [0.1, 0.15) is 36.4 Å². The lowest BCUT2D eigenvalue weighted by Crippen LogP contribution is -2.36. The van der Waals surface area contributed by atoms with Gasteiger partial charge in [0.05, 0.1) is 0 Å². The van der Waals surface area contributed by atoms with E-state index >= 15 is 0 Å². The van der Waals surface area contributed by atoms with Crippen molar-refractivity contribution in [1.82, 2.24) is 4.90 Å². The van der Waals surface area contributed by atoms with Gasteiger partial charge in [-0.3, -0.25) is 9.69 Å². The Kier molecular flexibility index (Phi) is 5.71. The fraction of sp³-hybridized carbons (Fsp3) is 0.381. The Hall–Kier alpha value is -2.33. The lowest BCUT2D eigenvalue weighted by Gasteiger charge is -2.32. The number of para-hydroxylation sites is 1. The molecule has 1 atom stereocenters. The number of rotatable bonds is 6. The smallest absolute Gasteiger partial charge is 0.239 e. The zero-order valence-electron chi connectivity index (χ0n) is 14.9. The van der Waals surface area contributed by atoms with Gasteiger partial charge in [-0.15, -0.1) is 0 Å². The molecule has 4 nitrogen and oxygen atoms in total. The molecule has 3 rings (SSSR count). The van der Waals surface area contributed by atoms with Crippen LogP contribution >= 0.6 is 0 Å². The van der Waals surface area contributed by atoms with Crippen molar-refractivity contribution >= 4 is 11.6 Å². The van der Waals surface area contributed by atoms with Crippen LogP contribution in [0.3, 0.4) is 0 Å². The maximum atomic E-state index is 12.1. The number of primary amides is 1. The number of likely N-dealkylation sites (N-methyl/N-ethyl adjacent to an activating group) is 1. The van der Waals surface area contributed by atoms with Gasteiger partial charge < -0.3 is 10.6 Å². The Morgan fingerprint density at radius 1 is 1.04 bits per heavy atom. The minimum absolute atomic E-state index is 0.316. The summed E-state index contributed by atoms with van der Waals surface area (Å²) >= 11 is 0. The zero-order chi connectivity index (χ0) is 17.6. The Morgan fingerprint density at radius 3 is 2.36 bits per heavy atom. The van der Waals surface area contributed by atoms with Crippen LogP contribution < -0.4 is 10.6 Å². The molecule has 1 fully saturated rings. The maximum Gasteiger partial charge on any atom is 0.239 e. The number of carbonyl (C=O) groups is 1. The number of nitrogens with zero attached hydrogens (tertiary/aromatic N) is 2. The van der Waals surface area contributed by atoms with Gasteiger partial charge in [0.25, 0.3) is 0 Å². The van der Waals surface area contributed by atoms with E-state index in [1.807, 2.05) is 42.3 Å². The summed E-state index contributed by atoms with van der Waals surface area (Å²) in [5, 5.41) is 0. The Balaban J connectivity index is 1.82. The summed E-state index contributed by atoms with van der Waals surface area (Å²) in [5.74, 6) is -0.316. The second-order valence-electron chi connectivity index (χ2n) is 6.81. The molecular weight excluding hydrogens is 310 g/mol. The molecule has 25 heavy (non-hydrogen) atoms. The molecule has 1 saturated heterocycles. The fourth-order valence-electron chi connectivity index (χ4n) is 3.72. The van der Waals surface area contributed by atoms with Gasteiger partial charge in [-0.05, 0) is 43.5 Å². The van der Waals surface area contributed by atoms with Gasteiger partial charge in [0.1, 0.15) is 6.04 Å². The zero-order valence-corrected chi connectivity index (χ0v) is 14.9. The highest BCUT2D eigenvalue weighted by atomic mass is 16.1. The first-order chi connectivity index (χ1) is 12.2. The standard InChI is InChI=1S/C21H27N3O/c1-23(20(21(22)25)17-10-4-2-5-11-17)16-18-12-6-7-13-19(18)24-14-8-3-9-15-24/h2,4-7,10-13,20H,3,8-9,14-16H2,1H3,(H2,22,25)/t20-/m0/s1. The van der Waals surface area contributed by atoms with Gasteiger partial charge in [0.2, 0.25) is 5.91 Å². The minimum atomic E-state index is -0.421. The van der Waals surface area contributed by atoms with Crippen molar-refractivity contribution in [3.8, 4) is 0 Å². The van der Waals surface area contributed by atoms with Crippen LogP contribution in [-0.4, -0.2) is 30.9 Å². The summed E-state index contributed by atoms with van der Waals surface area (Å²) in [6.45, 7) is 2.91. The summed E-state index contributed by atoms with van der Waals surface area (Å²) in [6.07, 6.45) is 3.81. The predicted molar refractivity (Wildman–Crippen MR) is 102 cm³/mol. The molecule has 1 aliphatic rings.